The molecule has 1 radical (unpaired) electrons. The molecule has 0 bridgehead atoms. The summed E-state index contributed by atoms with van der Waals surface area (Å²) in [6, 6.07) is 5.88. The maximum absolute atomic E-state index is 10.7. The molecule has 1 N–H and O–H groups in total. The maximum atomic E-state index is 10.7. The van der Waals surface area contributed by atoms with Gasteiger partial charge in [0.2, 0.25) is 0 Å². The molecule has 4 nitrogen and oxygen atoms in total. The van der Waals surface area contributed by atoms with Gasteiger partial charge in [0.1, 0.15) is 0 Å². The molecule has 0 unspecified atom stereocenters. The van der Waals surface area contributed by atoms with E-state index in [2.05, 4.69) is 0 Å². The lowest BCUT2D eigenvalue weighted by Crippen LogP contribution is -1.98. The van der Waals surface area contributed by atoms with Crippen LogP contribution in [0, 0.1) is 0 Å². The van der Waals surface area contributed by atoms with E-state index < -0.39 is 10.1 Å². The molecule has 1 aromatic rings. The van der Waals surface area contributed by atoms with Gasteiger partial charge in [-0.05, 0) is 30.5 Å². The summed E-state index contributed by atoms with van der Waals surface area (Å²) in [6.07, 6.45) is 2.21. The quantitative estimate of drug-likeness (QED) is 0.590. The lowest BCUT2D eigenvalue weighted by molar-refractivity contribution is 0.483. The van der Waals surface area contributed by atoms with Crippen LogP contribution in [0.25, 0.3) is 0 Å². The van der Waals surface area contributed by atoms with Crippen molar-refractivity contribution in [3.05, 3.63) is 29.8 Å². The monoisotopic (exact) mass is 212 g/mol. The van der Waals surface area contributed by atoms with Gasteiger partial charge in [0, 0.05) is 6.21 Å². The molecule has 0 atom stereocenters. The van der Waals surface area contributed by atoms with Crippen LogP contribution in [0.2, 0.25) is 0 Å². The van der Waals surface area contributed by atoms with E-state index in [-0.39, 0.29) is 4.90 Å². The molecule has 0 heterocycles. The van der Waals surface area contributed by atoms with Gasteiger partial charge in [0.25, 0.3) is 10.1 Å². The minimum Gasteiger partial charge on any atom is -0.282 e. The van der Waals surface area contributed by atoms with Gasteiger partial charge in [0.15, 0.2) is 0 Å². The Labute approximate surface area is 82.8 Å². The molecule has 0 spiro atoms. The Morgan fingerprint density at radius 3 is 2.29 bits per heavy atom. The number of rotatable bonds is 4. The van der Waals surface area contributed by atoms with Gasteiger partial charge >= 0.3 is 0 Å². The van der Waals surface area contributed by atoms with Crippen molar-refractivity contribution in [2.45, 2.75) is 17.7 Å². The summed E-state index contributed by atoms with van der Waals surface area (Å²) >= 11 is 0. The fraction of sp³-hybridized carbons (Fsp3) is 0.222. The van der Waals surface area contributed by atoms with Crippen LogP contribution in [0.5, 0.6) is 0 Å². The van der Waals surface area contributed by atoms with E-state index in [0.717, 1.165) is 11.8 Å². The summed E-state index contributed by atoms with van der Waals surface area (Å²) in [6.45, 7) is 0. The largest absolute Gasteiger partial charge is 0.294 e. The van der Waals surface area contributed by atoms with Crippen molar-refractivity contribution in [2.24, 2.45) is 0 Å². The van der Waals surface area contributed by atoms with Crippen LogP contribution in [-0.2, 0) is 16.5 Å². The van der Waals surface area contributed by atoms with E-state index in [1.807, 2.05) is 0 Å². The average Bonchev–Trinajstić information content (AvgIpc) is 2.14. The maximum Gasteiger partial charge on any atom is 0.294 e. The predicted octanol–water partition coefficient (Wildman–Crippen LogP) is 0.737. The minimum atomic E-state index is -4.10. The van der Waals surface area contributed by atoms with Crippen LogP contribution in [0.15, 0.2) is 29.2 Å². The van der Waals surface area contributed by atoms with Crippen LogP contribution >= 0.6 is 0 Å². The van der Waals surface area contributed by atoms with E-state index in [4.69, 9.17) is 9.96 Å². The topological polar surface area (TPSA) is 76.7 Å². The number of hydrogen-bond acceptors (Lipinski definition) is 2. The van der Waals surface area contributed by atoms with Crippen LogP contribution in [0.3, 0.4) is 0 Å². The minimum absolute atomic E-state index is 0.116. The number of benzene rings is 1. The second kappa shape index (κ2) is 4.34. The highest BCUT2D eigenvalue weighted by molar-refractivity contribution is 7.85. The van der Waals surface area contributed by atoms with Crippen LogP contribution < -0.4 is 5.41 Å². The zero-order valence-electron chi connectivity index (χ0n) is 7.42. The highest BCUT2D eigenvalue weighted by Crippen LogP contribution is 2.10. The Balaban J connectivity index is 2.84. The highest BCUT2D eigenvalue weighted by atomic mass is 32.2. The molecule has 0 saturated heterocycles. The summed E-state index contributed by atoms with van der Waals surface area (Å²) in [5.74, 6) is 0. The molecule has 0 fully saturated rings. The molecular formula is C9H10NO3S. The number of aryl methyl sites for hydroxylation is 1. The van der Waals surface area contributed by atoms with Gasteiger partial charge in [0.05, 0.1) is 4.90 Å². The molecule has 0 saturated carbocycles. The normalized spacial score (nSPS) is 11.2. The lowest BCUT2D eigenvalue weighted by atomic mass is 10.1. The van der Waals surface area contributed by atoms with Gasteiger partial charge < -0.3 is 0 Å². The number of nitrogens with zero attached hydrogens (tertiary/aromatic N) is 1. The lowest BCUT2D eigenvalue weighted by Gasteiger charge is -1.99. The Bertz CT molecular complexity index is 408. The van der Waals surface area contributed by atoms with Crippen LogP contribution in [0.1, 0.15) is 12.0 Å². The first-order chi connectivity index (χ1) is 6.54. The van der Waals surface area contributed by atoms with Crippen LogP contribution in [-0.4, -0.2) is 19.2 Å². The van der Waals surface area contributed by atoms with E-state index in [1.165, 1.54) is 12.1 Å². The van der Waals surface area contributed by atoms with E-state index in [0.29, 0.717) is 12.8 Å². The van der Waals surface area contributed by atoms with Gasteiger partial charge in [-0.25, -0.2) is 0 Å². The van der Waals surface area contributed by atoms with Crippen molar-refractivity contribution >= 4 is 16.3 Å². The molecule has 1 rings (SSSR count). The summed E-state index contributed by atoms with van der Waals surface area (Å²) in [7, 11) is -4.10. The molecule has 0 aliphatic rings. The van der Waals surface area contributed by atoms with Crippen molar-refractivity contribution in [3.63, 3.8) is 0 Å². The van der Waals surface area contributed by atoms with Crippen molar-refractivity contribution in [1.82, 2.24) is 5.41 Å². The fourth-order valence-corrected chi connectivity index (χ4v) is 1.54. The Morgan fingerprint density at radius 2 is 1.86 bits per heavy atom. The Hall–Kier alpha value is -1.20. The summed E-state index contributed by atoms with van der Waals surface area (Å²) < 4.78 is 30.0. The third-order valence-corrected chi connectivity index (χ3v) is 2.65. The second-order valence-corrected chi connectivity index (χ2v) is 4.26. The second-order valence-electron chi connectivity index (χ2n) is 2.84. The fourth-order valence-electron chi connectivity index (χ4n) is 1.06. The van der Waals surface area contributed by atoms with Gasteiger partial charge in [-0.1, -0.05) is 12.1 Å². The molecule has 14 heavy (non-hydrogen) atoms. The van der Waals surface area contributed by atoms with Crippen molar-refractivity contribution in [1.29, 1.82) is 0 Å². The summed E-state index contributed by atoms with van der Waals surface area (Å²) in [5.41, 5.74) is 0.905. The summed E-state index contributed by atoms with van der Waals surface area (Å²) in [4.78, 5) is -0.116. The molecule has 0 aromatic heterocycles. The Kier molecular flexibility index (Phi) is 3.38. The standard InChI is InChI=1S/C9H10NO3S/c10-7-1-2-8-3-5-9(6-4-8)14(11,12)13/h3-7H,1-2H2,(H,11,12,13). The van der Waals surface area contributed by atoms with Gasteiger partial charge in [-0.3, -0.25) is 4.55 Å². The molecule has 75 valence electrons. The predicted molar refractivity (Wildman–Crippen MR) is 52.8 cm³/mol. The van der Waals surface area contributed by atoms with Gasteiger partial charge in [-0.2, -0.15) is 13.8 Å². The third-order valence-electron chi connectivity index (χ3n) is 1.78. The van der Waals surface area contributed by atoms with Crippen molar-refractivity contribution < 1.29 is 13.0 Å². The zero-order valence-corrected chi connectivity index (χ0v) is 8.24. The molecular weight excluding hydrogens is 202 g/mol. The van der Waals surface area contributed by atoms with Crippen molar-refractivity contribution in [3.8, 4) is 0 Å². The SMILES string of the molecule is [N]=CCCc1ccc(S(=O)(=O)O)cc1. The molecule has 0 amide bonds. The number of hydrogen-bond donors (Lipinski definition) is 1. The van der Waals surface area contributed by atoms with E-state index >= 15 is 0 Å². The first kappa shape index (κ1) is 10.9. The van der Waals surface area contributed by atoms with E-state index in [9.17, 15) is 8.42 Å². The van der Waals surface area contributed by atoms with Crippen LogP contribution in [0.4, 0.5) is 0 Å². The summed E-state index contributed by atoms with van der Waals surface area (Å²) in [5, 5.41) is 8.45. The molecule has 0 aliphatic carbocycles. The first-order valence-electron chi connectivity index (χ1n) is 4.06. The molecule has 0 aliphatic heterocycles. The first-order valence-corrected chi connectivity index (χ1v) is 5.50. The average molecular weight is 212 g/mol. The zero-order chi connectivity index (χ0) is 10.6. The highest BCUT2D eigenvalue weighted by Gasteiger charge is 2.07. The van der Waals surface area contributed by atoms with E-state index in [1.54, 1.807) is 12.1 Å². The molecule has 5 heteroatoms. The smallest absolute Gasteiger partial charge is 0.282 e. The third kappa shape index (κ3) is 2.93. The van der Waals surface area contributed by atoms with Gasteiger partial charge in [-0.15, -0.1) is 0 Å². The van der Waals surface area contributed by atoms with Crippen molar-refractivity contribution in [2.75, 3.05) is 0 Å². The molecule has 1 aromatic carbocycles. The Morgan fingerprint density at radius 1 is 1.29 bits per heavy atom.